The zero-order valence-corrected chi connectivity index (χ0v) is 10.5. The second kappa shape index (κ2) is 4.07. The fraction of sp³-hybridized carbons (Fsp3) is 0.400. The highest BCUT2D eigenvalue weighted by molar-refractivity contribution is 7.18. The number of hydrogen-bond donors (Lipinski definition) is 1. The summed E-state index contributed by atoms with van der Waals surface area (Å²) in [5.74, 6) is 0. The van der Waals surface area contributed by atoms with E-state index >= 15 is 0 Å². The van der Waals surface area contributed by atoms with Crippen LogP contribution in [0.4, 0.5) is 0 Å². The molecule has 0 radical (unpaired) electrons. The van der Waals surface area contributed by atoms with E-state index in [9.17, 15) is 9.59 Å². The van der Waals surface area contributed by atoms with Crippen LogP contribution in [0.5, 0.6) is 0 Å². The average molecular weight is 259 g/mol. The monoisotopic (exact) mass is 258 g/mol. The predicted molar refractivity (Wildman–Crippen MR) is 66.8 cm³/mol. The number of nitrogens with zero attached hydrogens (tertiary/aromatic N) is 1. The van der Waals surface area contributed by atoms with Crippen LogP contribution in [0.1, 0.15) is 11.8 Å². The number of H-pyrrole nitrogens is 1. The molecule has 0 bridgehead atoms. The Morgan fingerprint density at radius 2 is 2.25 bits per heavy atom. The Balaban J connectivity index is 2.75. The number of rotatable bonds is 2. The molecule has 86 valence electrons. The Morgan fingerprint density at radius 1 is 1.56 bits per heavy atom. The molecule has 0 amide bonds. The Bertz CT molecular complexity index is 638. The van der Waals surface area contributed by atoms with Gasteiger partial charge in [-0.3, -0.25) is 9.36 Å². The van der Waals surface area contributed by atoms with E-state index in [4.69, 9.17) is 11.6 Å². The first kappa shape index (κ1) is 11.4. The molecule has 2 heterocycles. The second-order valence-corrected chi connectivity index (χ2v) is 5.73. The van der Waals surface area contributed by atoms with E-state index in [-0.39, 0.29) is 17.5 Å². The third kappa shape index (κ3) is 1.92. The number of fused-ring (bicyclic) bond motifs is 1. The Hall–Kier alpha value is -1.07. The van der Waals surface area contributed by atoms with Crippen molar-refractivity contribution in [1.82, 2.24) is 9.55 Å². The lowest BCUT2D eigenvalue weighted by atomic mass is 10.4. The molecular formula is C10H11ClN2O2S. The summed E-state index contributed by atoms with van der Waals surface area (Å²) in [4.78, 5) is 27.3. The van der Waals surface area contributed by atoms with Gasteiger partial charge < -0.3 is 4.98 Å². The minimum Gasteiger partial charge on any atom is -0.306 e. The van der Waals surface area contributed by atoms with Crippen molar-refractivity contribution in [2.45, 2.75) is 25.8 Å². The van der Waals surface area contributed by atoms with E-state index in [1.54, 1.807) is 13.0 Å². The first-order chi connectivity index (χ1) is 7.49. The van der Waals surface area contributed by atoms with E-state index < -0.39 is 5.69 Å². The predicted octanol–water partition coefficient (Wildman–Crippen LogP) is 1.69. The summed E-state index contributed by atoms with van der Waals surface area (Å²) in [6.07, 6.45) is 0. The van der Waals surface area contributed by atoms with Crippen molar-refractivity contribution in [2.24, 2.45) is 0 Å². The van der Waals surface area contributed by atoms with Crippen LogP contribution in [0.3, 0.4) is 0 Å². The largest absolute Gasteiger partial charge is 0.328 e. The van der Waals surface area contributed by atoms with Gasteiger partial charge in [0.1, 0.15) is 4.70 Å². The topological polar surface area (TPSA) is 54.9 Å². The second-order valence-electron chi connectivity index (χ2n) is 3.73. The van der Waals surface area contributed by atoms with Gasteiger partial charge in [-0.1, -0.05) is 0 Å². The molecule has 0 fully saturated rings. The van der Waals surface area contributed by atoms with Crippen LogP contribution in [0, 0.1) is 6.92 Å². The zero-order chi connectivity index (χ0) is 11.9. The Kier molecular flexibility index (Phi) is 2.90. The van der Waals surface area contributed by atoms with Gasteiger partial charge >= 0.3 is 5.69 Å². The van der Waals surface area contributed by atoms with Crippen molar-refractivity contribution >= 4 is 33.2 Å². The summed E-state index contributed by atoms with van der Waals surface area (Å²) >= 11 is 7.19. The van der Waals surface area contributed by atoms with E-state index in [0.717, 1.165) is 9.44 Å². The van der Waals surface area contributed by atoms with Crippen molar-refractivity contribution in [1.29, 1.82) is 0 Å². The summed E-state index contributed by atoms with van der Waals surface area (Å²) in [6, 6.07) is 1.80. The molecule has 1 unspecified atom stereocenters. The van der Waals surface area contributed by atoms with Gasteiger partial charge in [-0.25, -0.2) is 4.79 Å². The van der Waals surface area contributed by atoms with Gasteiger partial charge in [0.05, 0.1) is 5.52 Å². The molecule has 2 aromatic heterocycles. The van der Waals surface area contributed by atoms with Crippen molar-refractivity contribution in [3.63, 3.8) is 0 Å². The fourth-order valence-corrected chi connectivity index (χ4v) is 2.64. The molecule has 16 heavy (non-hydrogen) atoms. The molecule has 1 N–H and O–H groups in total. The maximum absolute atomic E-state index is 12.0. The molecule has 6 heteroatoms. The quantitative estimate of drug-likeness (QED) is 0.834. The minimum atomic E-state index is -0.400. The van der Waals surface area contributed by atoms with Crippen molar-refractivity contribution < 1.29 is 0 Å². The highest BCUT2D eigenvalue weighted by Gasteiger charge is 2.11. The van der Waals surface area contributed by atoms with Crippen LogP contribution in [0.2, 0.25) is 0 Å². The maximum atomic E-state index is 12.0. The summed E-state index contributed by atoms with van der Waals surface area (Å²) in [5, 5.41) is -0.252. The van der Waals surface area contributed by atoms with Crippen LogP contribution in [0.25, 0.3) is 10.2 Å². The van der Waals surface area contributed by atoms with Crippen LogP contribution in [0.15, 0.2) is 15.7 Å². The lowest BCUT2D eigenvalue weighted by Crippen LogP contribution is -2.36. The number of halogens is 1. The van der Waals surface area contributed by atoms with Crippen LogP contribution >= 0.6 is 22.9 Å². The highest BCUT2D eigenvalue weighted by atomic mass is 35.5. The van der Waals surface area contributed by atoms with Gasteiger partial charge in [0.15, 0.2) is 0 Å². The van der Waals surface area contributed by atoms with Gasteiger partial charge in [-0.2, -0.15) is 0 Å². The molecule has 0 spiro atoms. The molecule has 2 aromatic rings. The third-order valence-corrected chi connectivity index (χ3v) is 3.39. The van der Waals surface area contributed by atoms with Crippen LogP contribution in [-0.2, 0) is 6.54 Å². The number of alkyl halides is 1. The molecule has 1 atom stereocenters. The first-order valence-corrected chi connectivity index (χ1v) is 6.11. The molecule has 2 rings (SSSR count). The molecule has 0 aliphatic carbocycles. The molecule has 0 aliphatic rings. The average Bonchev–Trinajstić information content (AvgIpc) is 2.53. The summed E-state index contributed by atoms with van der Waals surface area (Å²) in [7, 11) is 0. The van der Waals surface area contributed by atoms with E-state index in [0.29, 0.717) is 10.2 Å². The molecule has 0 aliphatic heterocycles. The standard InChI is InChI=1S/C10H11ClN2O2S/c1-5(11)4-13-9(14)8-7(12-10(13)15)3-6(2)16-8/h3,5H,4H2,1-2H3,(H,12,15). The smallest absolute Gasteiger partial charge is 0.306 e. The van der Waals surface area contributed by atoms with Gasteiger partial charge in [0, 0.05) is 16.8 Å². The lowest BCUT2D eigenvalue weighted by Gasteiger charge is -2.05. The maximum Gasteiger partial charge on any atom is 0.328 e. The third-order valence-electron chi connectivity index (χ3n) is 2.22. The number of aryl methyl sites for hydroxylation is 1. The van der Waals surface area contributed by atoms with Crippen molar-refractivity contribution in [3.8, 4) is 0 Å². The van der Waals surface area contributed by atoms with E-state index in [1.165, 1.54) is 11.3 Å². The van der Waals surface area contributed by atoms with Gasteiger partial charge in [-0.15, -0.1) is 22.9 Å². The van der Waals surface area contributed by atoms with E-state index in [1.807, 2.05) is 6.92 Å². The molecule has 0 saturated carbocycles. The summed E-state index contributed by atoms with van der Waals surface area (Å²) < 4.78 is 1.73. The van der Waals surface area contributed by atoms with Crippen LogP contribution < -0.4 is 11.2 Å². The highest BCUT2D eigenvalue weighted by Crippen LogP contribution is 2.18. The van der Waals surface area contributed by atoms with Crippen molar-refractivity contribution in [2.75, 3.05) is 0 Å². The number of hydrogen-bond acceptors (Lipinski definition) is 3. The fourth-order valence-electron chi connectivity index (χ4n) is 1.58. The first-order valence-electron chi connectivity index (χ1n) is 4.86. The van der Waals surface area contributed by atoms with E-state index in [2.05, 4.69) is 4.98 Å². The number of thiophene rings is 1. The SMILES string of the molecule is Cc1cc2[nH]c(=O)n(CC(C)Cl)c(=O)c2s1. The summed E-state index contributed by atoms with van der Waals surface area (Å²) in [6.45, 7) is 3.87. The summed E-state index contributed by atoms with van der Waals surface area (Å²) in [5.41, 5.74) is -0.0527. The Labute approximate surface area is 100 Å². The molecule has 4 nitrogen and oxygen atoms in total. The van der Waals surface area contributed by atoms with Crippen LogP contribution in [-0.4, -0.2) is 14.9 Å². The normalized spacial score (nSPS) is 13.2. The zero-order valence-electron chi connectivity index (χ0n) is 8.91. The molecule has 0 saturated heterocycles. The molecule has 0 aromatic carbocycles. The van der Waals surface area contributed by atoms with Gasteiger partial charge in [0.25, 0.3) is 5.56 Å². The molecular weight excluding hydrogens is 248 g/mol. The lowest BCUT2D eigenvalue weighted by molar-refractivity contribution is 0.629. The minimum absolute atomic E-state index is 0.225. The Morgan fingerprint density at radius 3 is 2.88 bits per heavy atom. The number of aromatic amines is 1. The number of nitrogens with one attached hydrogen (secondary N) is 1. The number of aromatic nitrogens is 2. The van der Waals surface area contributed by atoms with Crippen molar-refractivity contribution in [3.05, 3.63) is 31.8 Å². The van der Waals surface area contributed by atoms with Gasteiger partial charge in [-0.05, 0) is 19.9 Å². The van der Waals surface area contributed by atoms with Gasteiger partial charge in [0.2, 0.25) is 0 Å².